The molecule has 4 rings (SSSR count). The van der Waals surface area contributed by atoms with Gasteiger partial charge in [0.2, 0.25) is 5.88 Å². The van der Waals surface area contributed by atoms with E-state index in [-0.39, 0.29) is 16.8 Å². The predicted molar refractivity (Wildman–Crippen MR) is 140 cm³/mol. The molecule has 0 unspecified atom stereocenters. The predicted octanol–water partition coefficient (Wildman–Crippen LogP) is 6.89. The van der Waals surface area contributed by atoms with E-state index in [0.717, 1.165) is 42.0 Å². The molecular weight excluding hydrogens is 446 g/mol. The maximum absolute atomic E-state index is 9.95. The van der Waals surface area contributed by atoms with Crippen LogP contribution in [0.5, 0.6) is 5.75 Å². The van der Waals surface area contributed by atoms with Gasteiger partial charge in [-0.1, -0.05) is 55.8 Å². The summed E-state index contributed by atoms with van der Waals surface area (Å²) >= 11 is 0. The second-order valence-corrected chi connectivity index (χ2v) is 8.04. The summed E-state index contributed by atoms with van der Waals surface area (Å²) in [6.45, 7) is 10.3. The molecule has 2 heterocycles. The van der Waals surface area contributed by atoms with Gasteiger partial charge in [-0.3, -0.25) is 4.98 Å². The summed E-state index contributed by atoms with van der Waals surface area (Å²) in [7, 11) is 0. The number of hydrogen-bond acceptors (Lipinski definition) is 5. The molecule has 0 fully saturated rings. The summed E-state index contributed by atoms with van der Waals surface area (Å²) < 4.78 is 6.18. The lowest BCUT2D eigenvalue weighted by Gasteiger charge is -2.18. The molecule has 174 valence electrons. The van der Waals surface area contributed by atoms with Crippen molar-refractivity contribution >= 4 is 11.3 Å². The summed E-state index contributed by atoms with van der Waals surface area (Å²) in [5, 5.41) is 19.5. The van der Waals surface area contributed by atoms with Gasteiger partial charge in [0.1, 0.15) is 0 Å². The van der Waals surface area contributed by atoms with E-state index in [1.54, 1.807) is 30.5 Å². The molecule has 0 atom stereocenters. The van der Waals surface area contributed by atoms with Gasteiger partial charge >= 0.3 is 0 Å². The standard InChI is InChI=1S/C30H23N5O/c1-3-4-17-35-27-18-23(22-9-6-5-7-10-22)12-14-28(27)36-29(35)15-13-24(19-31)30(26(20-32)33-2)25-11-8-16-34-21-25/h5-16,18,21H,3-4,17H2,1H3/b24-13?,29-15?,30-26+. The van der Waals surface area contributed by atoms with Crippen molar-refractivity contribution in [1.29, 1.82) is 10.5 Å². The van der Waals surface area contributed by atoms with Crippen LogP contribution < -0.4 is 9.64 Å². The van der Waals surface area contributed by atoms with E-state index in [2.05, 4.69) is 45.9 Å². The van der Waals surface area contributed by atoms with Crippen molar-refractivity contribution < 1.29 is 4.74 Å². The number of rotatable bonds is 7. The highest BCUT2D eigenvalue weighted by molar-refractivity contribution is 5.88. The van der Waals surface area contributed by atoms with E-state index < -0.39 is 0 Å². The van der Waals surface area contributed by atoms with E-state index in [0.29, 0.717) is 11.4 Å². The number of nitriles is 2. The number of benzene rings is 2. The summed E-state index contributed by atoms with van der Waals surface area (Å²) in [5.41, 5.74) is 3.97. The van der Waals surface area contributed by atoms with Crippen LogP contribution in [-0.2, 0) is 0 Å². The first-order chi connectivity index (χ1) is 17.7. The summed E-state index contributed by atoms with van der Waals surface area (Å²) in [6, 6.07) is 23.8. The Bertz CT molecular complexity index is 1450. The van der Waals surface area contributed by atoms with Gasteiger partial charge in [-0.25, -0.2) is 10.1 Å². The minimum absolute atomic E-state index is 0.167. The van der Waals surface area contributed by atoms with Gasteiger partial charge < -0.3 is 9.64 Å². The molecule has 0 saturated carbocycles. The topological polar surface area (TPSA) is 77.3 Å². The molecule has 0 bridgehead atoms. The number of unbranched alkanes of at least 4 members (excludes halogenated alkanes) is 1. The van der Waals surface area contributed by atoms with Gasteiger partial charge in [0.15, 0.2) is 5.75 Å². The third-order valence-corrected chi connectivity index (χ3v) is 5.76. The van der Waals surface area contributed by atoms with Gasteiger partial charge in [0.05, 0.1) is 30.0 Å². The van der Waals surface area contributed by atoms with E-state index in [1.165, 1.54) is 6.20 Å². The molecule has 0 saturated heterocycles. The lowest BCUT2D eigenvalue weighted by molar-refractivity contribution is 0.437. The maximum Gasteiger partial charge on any atom is 0.270 e. The second kappa shape index (κ2) is 11.3. The van der Waals surface area contributed by atoms with Crippen LogP contribution in [-0.4, -0.2) is 11.5 Å². The summed E-state index contributed by atoms with van der Waals surface area (Å²) in [4.78, 5) is 9.53. The molecule has 0 amide bonds. The highest BCUT2D eigenvalue weighted by Crippen LogP contribution is 2.42. The fraction of sp³-hybridized carbons (Fsp3) is 0.133. The van der Waals surface area contributed by atoms with Crippen LogP contribution in [0.4, 0.5) is 5.69 Å². The smallest absolute Gasteiger partial charge is 0.270 e. The molecule has 0 N–H and O–H groups in total. The molecule has 0 radical (unpaired) electrons. The third-order valence-electron chi connectivity index (χ3n) is 5.76. The van der Waals surface area contributed by atoms with Crippen LogP contribution in [0.1, 0.15) is 25.3 Å². The quantitative estimate of drug-likeness (QED) is 0.214. The average molecular weight is 470 g/mol. The molecule has 1 aliphatic rings. The molecule has 1 aromatic heterocycles. The number of fused-ring (bicyclic) bond motifs is 1. The fourth-order valence-electron chi connectivity index (χ4n) is 3.98. The highest BCUT2D eigenvalue weighted by atomic mass is 16.5. The highest BCUT2D eigenvalue weighted by Gasteiger charge is 2.26. The number of aromatic nitrogens is 1. The maximum atomic E-state index is 9.95. The number of ether oxygens (including phenoxy) is 1. The number of anilines is 1. The lowest BCUT2D eigenvalue weighted by Crippen LogP contribution is -2.21. The lowest BCUT2D eigenvalue weighted by atomic mass is 9.97. The van der Waals surface area contributed by atoms with E-state index >= 15 is 0 Å². The third kappa shape index (κ3) is 5.02. The van der Waals surface area contributed by atoms with Crippen LogP contribution >= 0.6 is 0 Å². The van der Waals surface area contributed by atoms with E-state index in [9.17, 15) is 10.5 Å². The monoisotopic (exact) mass is 469 g/mol. The van der Waals surface area contributed by atoms with Crippen molar-refractivity contribution in [2.45, 2.75) is 19.8 Å². The minimum atomic E-state index is -0.167. The average Bonchev–Trinajstić information content (AvgIpc) is 3.29. The Balaban J connectivity index is 1.76. The van der Waals surface area contributed by atoms with Crippen molar-refractivity contribution in [3.63, 3.8) is 0 Å². The van der Waals surface area contributed by atoms with E-state index in [4.69, 9.17) is 11.3 Å². The van der Waals surface area contributed by atoms with Crippen LogP contribution in [0, 0.1) is 29.2 Å². The Morgan fingerprint density at radius 1 is 1.08 bits per heavy atom. The first-order valence-electron chi connectivity index (χ1n) is 11.6. The zero-order chi connectivity index (χ0) is 25.3. The molecular formula is C30H23N5O. The molecule has 6 nitrogen and oxygen atoms in total. The zero-order valence-corrected chi connectivity index (χ0v) is 19.8. The Kier molecular flexibility index (Phi) is 7.57. The van der Waals surface area contributed by atoms with Crippen molar-refractivity contribution in [3.8, 4) is 29.0 Å². The first-order valence-corrected chi connectivity index (χ1v) is 11.6. The van der Waals surface area contributed by atoms with Crippen LogP contribution in [0.15, 0.2) is 102 Å². The molecule has 0 spiro atoms. The number of nitrogens with zero attached hydrogens (tertiary/aromatic N) is 5. The van der Waals surface area contributed by atoms with E-state index in [1.807, 2.05) is 36.4 Å². The van der Waals surface area contributed by atoms with Crippen molar-refractivity contribution in [1.82, 2.24) is 4.98 Å². The van der Waals surface area contributed by atoms with Crippen molar-refractivity contribution in [3.05, 3.63) is 119 Å². The number of hydrogen-bond donors (Lipinski definition) is 0. The number of allylic oxidation sites excluding steroid dienone is 5. The molecule has 3 aromatic rings. The fourth-order valence-corrected chi connectivity index (χ4v) is 3.98. The van der Waals surface area contributed by atoms with Crippen LogP contribution in [0.2, 0.25) is 0 Å². The Morgan fingerprint density at radius 3 is 2.58 bits per heavy atom. The molecule has 6 heteroatoms. The summed E-state index contributed by atoms with van der Waals surface area (Å²) in [5.74, 6) is 1.33. The second-order valence-electron chi connectivity index (χ2n) is 8.04. The van der Waals surface area contributed by atoms with Crippen LogP contribution in [0.3, 0.4) is 0 Å². The van der Waals surface area contributed by atoms with Crippen molar-refractivity contribution in [2.75, 3.05) is 11.4 Å². The van der Waals surface area contributed by atoms with Gasteiger partial charge in [0, 0.05) is 30.6 Å². The number of pyridine rings is 1. The van der Waals surface area contributed by atoms with Gasteiger partial charge in [0.25, 0.3) is 5.70 Å². The molecule has 1 aliphatic heterocycles. The first kappa shape index (κ1) is 24.0. The Labute approximate surface area is 211 Å². The van der Waals surface area contributed by atoms with Crippen molar-refractivity contribution in [2.24, 2.45) is 0 Å². The Hall–Kier alpha value is -5.12. The molecule has 0 aliphatic carbocycles. The Morgan fingerprint density at radius 2 is 1.92 bits per heavy atom. The SMILES string of the molecule is [C-]#[N+]/C(C#N)=C(\C(C#N)=CC=C1Oc2ccc(-c3ccccc3)cc2N1CCCC)c1cccnc1. The normalized spacial score (nSPS) is 14.2. The zero-order valence-electron chi connectivity index (χ0n) is 19.8. The van der Waals surface area contributed by atoms with Gasteiger partial charge in [-0.05, 0) is 47.4 Å². The molecule has 2 aromatic carbocycles. The van der Waals surface area contributed by atoms with Crippen LogP contribution in [0.25, 0.3) is 21.5 Å². The minimum Gasteiger partial charge on any atom is -0.439 e. The molecule has 36 heavy (non-hydrogen) atoms. The van der Waals surface area contributed by atoms with Gasteiger partial charge in [-0.2, -0.15) is 5.26 Å². The summed E-state index contributed by atoms with van der Waals surface area (Å²) in [6.07, 6.45) is 8.44. The largest absolute Gasteiger partial charge is 0.439 e. The van der Waals surface area contributed by atoms with Gasteiger partial charge in [-0.15, -0.1) is 0 Å².